The van der Waals surface area contributed by atoms with Crippen LogP contribution in [0.15, 0.2) is 16.5 Å². The molecule has 1 aliphatic carbocycles. The number of hydrogen-bond acceptors (Lipinski definition) is 2. The predicted molar refractivity (Wildman–Crippen MR) is 47.7 cm³/mol. The van der Waals surface area contributed by atoms with Crippen LogP contribution in [0.3, 0.4) is 0 Å². The third-order valence-electron chi connectivity index (χ3n) is 2.41. The molecule has 1 aromatic heterocycles. The van der Waals surface area contributed by atoms with E-state index in [0.29, 0.717) is 0 Å². The Labute approximate surface area is 72.7 Å². The number of furan rings is 1. The third-order valence-corrected chi connectivity index (χ3v) is 2.41. The van der Waals surface area contributed by atoms with Crippen molar-refractivity contribution in [3.8, 4) is 0 Å². The van der Waals surface area contributed by atoms with Gasteiger partial charge in [0.1, 0.15) is 11.5 Å². The molecule has 1 heterocycles. The second-order valence-corrected chi connectivity index (χ2v) is 3.73. The molecule has 0 bridgehead atoms. The lowest BCUT2D eigenvalue weighted by atomic mass is 10.1. The Hall–Kier alpha value is -0.760. The first-order chi connectivity index (χ1) is 5.75. The average Bonchev–Trinajstić information content (AvgIpc) is 2.72. The Bertz CT molecular complexity index is 263. The number of hydrogen-bond donors (Lipinski definition) is 1. The van der Waals surface area contributed by atoms with Crippen LogP contribution in [-0.4, -0.2) is 0 Å². The predicted octanol–water partition coefficient (Wildman–Crippen LogP) is 2.39. The summed E-state index contributed by atoms with van der Waals surface area (Å²) in [7, 11) is 0. The Kier molecular flexibility index (Phi) is 1.93. The van der Waals surface area contributed by atoms with Crippen LogP contribution in [0.4, 0.5) is 0 Å². The first-order valence-electron chi connectivity index (χ1n) is 4.57. The summed E-state index contributed by atoms with van der Waals surface area (Å²) in [6, 6.07) is 4.08. The fraction of sp³-hybridized carbons (Fsp3) is 0.600. The quantitative estimate of drug-likeness (QED) is 0.746. The standard InChI is InChI=1S/C10H15NO/c1-7-2-5-10(12-7)9(11)6-8-3-4-8/h2,5,8-9H,3-4,6,11H2,1H3. The van der Waals surface area contributed by atoms with Gasteiger partial charge in [-0.25, -0.2) is 0 Å². The second-order valence-electron chi connectivity index (χ2n) is 3.73. The molecule has 1 atom stereocenters. The van der Waals surface area contributed by atoms with Gasteiger partial charge in [-0.05, 0) is 31.4 Å². The van der Waals surface area contributed by atoms with E-state index in [-0.39, 0.29) is 6.04 Å². The summed E-state index contributed by atoms with van der Waals surface area (Å²) < 4.78 is 5.45. The molecule has 0 aromatic carbocycles. The highest BCUT2D eigenvalue weighted by Crippen LogP contribution is 2.36. The highest BCUT2D eigenvalue weighted by atomic mass is 16.3. The van der Waals surface area contributed by atoms with Gasteiger partial charge < -0.3 is 10.2 Å². The molecule has 0 amide bonds. The van der Waals surface area contributed by atoms with Gasteiger partial charge in [-0.3, -0.25) is 0 Å². The van der Waals surface area contributed by atoms with Crippen molar-refractivity contribution >= 4 is 0 Å². The zero-order valence-electron chi connectivity index (χ0n) is 7.42. The molecule has 2 heteroatoms. The molecule has 0 aliphatic heterocycles. The van der Waals surface area contributed by atoms with Gasteiger partial charge in [-0.15, -0.1) is 0 Å². The van der Waals surface area contributed by atoms with Gasteiger partial charge in [0.2, 0.25) is 0 Å². The van der Waals surface area contributed by atoms with Crippen molar-refractivity contribution < 1.29 is 4.42 Å². The fourth-order valence-corrected chi connectivity index (χ4v) is 1.48. The van der Waals surface area contributed by atoms with Crippen LogP contribution in [0, 0.1) is 12.8 Å². The molecule has 12 heavy (non-hydrogen) atoms. The van der Waals surface area contributed by atoms with Gasteiger partial charge in [-0.1, -0.05) is 12.8 Å². The Balaban J connectivity index is 1.97. The lowest BCUT2D eigenvalue weighted by Crippen LogP contribution is -2.09. The Morgan fingerprint density at radius 2 is 2.33 bits per heavy atom. The molecule has 1 aromatic rings. The minimum absolute atomic E-state index is 0.117. The van der Waals surface area contributed by atoms with Gasteiger partial charge in [0.25, 0.3) is 0 Å². The number of aryl methyl sites for hydroxylation is 1. The van der Waals surface area contributed by atoms with Gasteiger partial charge >= 0.3 is 0 Å². The van der Waals surface area contributed by atoms with Crippen molar-refractivity contribution in [2.45, 2.75) is 32.2 Å². The van der Waals surface area contributed by atoms with E-state index < -0.39 is 0 Å². The van der Waals surface area contributed by atoms with Gasteiger partial charge in [-0.2, -0.15) is 0 Å². The van der Waals surface area contributed by atoms with Crippen LogP contribution in [0.25, 0.3) is 0 Å². The molecule has 1 unspecified atom stereocenters. The van der Waals surface area contributed by atoms with Crippen molar-refractivity contribution in [3.63, 3.8) is 0 Å². The summed E-state index contributed by atoms with van der Waals surface area (Å²) in [5, 5.41) is 0. The summed E-state index contributed by atoms with van der Waals surface area (Å²) in [6.45, 7) is 1.95. The number of rotatable bonds is 3. The SMILES string of the molecule is Cc1ccc(C(N)CC2CC2)o1. The normalized spacial score (nSPS) is 19.5. The first kappa shape index (κ1) is 7.87. The van der Waals surface area contributed by atoms with Crippen LogP contribution < -0.4 is 5.73 Å². The van der Waals surface area contributed by atoms with Crippen LogP contribution in [0.5, 0.6) is 0 Å². The van der Waals surface area contributed by atoms with Crippen LogP contribution in [-0.2, 0) is 0 Å². The van der Waals surface area contributed by atoms with E-state index in [1.165, 1.54) is 12.8 Å². The van der Waals surface area contributed by atoms with E-state index >= 15 is 0 Å². The molecule has 0 saturated heterocycles. The number of nitrogens with two attached hydrogens (primary N) is 1. The maximum atomic E-state index is 5.96. The maximum Gasteiger partial charge on any atom is 0.120 e. The van der Waals surface area contributed by atoms with Crippen molar-refractivity contribution in [2.75, 3.05) is 0 Å². The van der Waals surface area contributed by atoms with Crippen molar-refractivity contribution in [1.82, 2.24) is 0 Å². The summed E-state index contributed by atoms with van der Waals surface area (Å²) >= 11 is 0. The maximum absolute atomic E-state index is 5.96. The molecule has 2 N–H and O–H groups in total. The molecule has 0 radical (unpaired) electrons. The van der Waals surface area contributed by atoms with E-state index in [2.05, 4.69) is 0 Å². The topological polar surface area (TPSA) is 39.2 Å². The molecule has 1 aliphatic rings. The minimum atomic E-state index is 0.117. The first-order valence-corrected chi connectivity index (χ1v) is 4.57. The lowest BCUT2D eigenvalue weighted by molar-refractivity contribution is 0.425. The van der Waals surface area contributed by atoms with E-state index in [9.17, 15) is 0 Å². The van der Waals surface area contributed by atoms with Crippen LogP contribution >= 0.6 is 0 Å². The second kappa shape index (κ2) is 2.94. The van der Waals surface area contributed by atoms with E-state index in [1.54, 1.807) is 0 Å². The molecular formula is C10H15NO. The fourth-order valence-electron chi connectivity index (χ4n) is 1.48. The zero-order chi connectivity index (χ0) is 8.55. The summed E-state index contributed by atoms with van der Waals surface area (Å²) in [5.41, 5.74) is 5.96. The summed E-state index contributed by atoms with van der Waals surface area (Å²) in [5.74, 6) is 2.76. The van der Waals surface area contributed by atoms with Crippen LogP contribution in [0.1, 0.15) is 36.8 Å². The average molecular weight is 165 g/mol. The highest BCUT2D eigenvalue weighted by molar-refractivity contribution is 5.09. The van der Waals surface area contributed by atoms with E-state index in [0.717, 1.165) is 23.9 Å². The Morgan fingerprint density at radius 3 is 2.83 bits per heavy atom. The Morgan fingerprint density at radius 1 is 1.58 bits per heavy atom. The van der Waals surface area contributed by atoms with Gasteiger partial charge in [0, 0.05) is 0 Å². The van der Waals surface area contributed by atoms with Gasteiger partial charge in [0.15, 0.2) is 0 Å². The molecular weight excluding hydrogens is 150 g/mol. The zero-order valence-corrected chi connectivity index (χ0v) is 7.42. The molecule has 66 valence electrons. The summed E-state index contributed by atoms with van der Waals surface area (Å²) in [4.78, 5) is 0. The van der Waals surface area contributed by atoms with Crippen molar-refractivity contribution in [1.29, 1.82) is 0 Å². The van der Waals surface area contributed by atoms with Crippen LogP contribution in [0.2, 0.25) is 0 Å². The molecule has 2 nitrogen and oxygen atoms in total. The third kappa shape index (κ3) is 1.69. The molecule has 1 saturated carbocycles. The van der Waals surface area contributed by atoms with E-state index in [1.807, 2.05) is 19.1 Å². The monoisotopic (exact) mass is 165 g/mol. The molecule has 2 rings (SSSR count). The summed E-state index contributed by atoms with van der Waals surface area (Å²) in [6.07, 6.45) is 3.80. The van der Waals surface area contributed by atoms with Crippen molar-refractivity contribution in [3.05, 3.63) is 23.7 Å². The lowest BCUT2D eigenvalue weighted by Gasteiger charge is -2.06. The smallest absolute Gasteiger partial charge is 0.120 e. The molecule has 1 fully saturated rings. The van der Waals surface area contributed by atoms with Gasteiger partial charge in [0.05, 0.1) is 6.04 Å². The highest BCUT2D eigenvalue weighted by Gasteiger charge is 2.25. The molecule has 0 spiro atoms. The van der Waals surface area contributed by atoms with E-state index in [4.69, 9.17) is 10.2 Å². The van der Waals surface area contributed by atoms with Crippen molar-refractivity contribution in [2.24, 2.45) is 11.7 Å². The largest absolute Gasteiger partial charge is 0.465 e. The minimum Gasteiger partial charge on any atom is -0.465 e.